The molecule has 0 heterocycles. The average molecular weight is 279 g/mol. The van der Waals surface area contributed by atoms with Crippen LogP contribution in [0.1, 0.15) is 17.3 Å². The lowest BCUT2D eigenvalue weighted by Gasteiger charge is -2.08. The summed E-state index contributed by atoms with van der Waals surface area (Å²) in [6.45, 7) is 1.85. The summed E-state index contributed by atoms with van der Waals surface area (Å²) in [5.41, 5.74) is 0.741. The highest BCUT2D eigenvalue weighted by atomic mass is 79.9. The first-order valence-corrected chi connectivity index (χ1v) is 4.91. The molecular formula is C10H13BrClNO. The molecule has 14 heavy (non-hydrogen) atoms. The quantitative estimate of drug-likeness (QED) is 0.861. The molecule has 0 radical (unpaired) electrons. The van der Waals surface area contributed by atoms with E-state index in [4.69, 9.17) is 0 Å². The SMILES string of the molecule is CNC(C)C(=O)c1ccc(Br)cc1.Cl. The van der Waals surface area contributed by atoms with Crippen LogP contribution in [0.3, 0.4) is 0 Å². The number of Topliss-reactive ketones (excluding diaryl/α,β-unsaturated/α-hetero) is 1. The van der Waals surface area contributed by atoms with Gasteiger partial charge in [0.1, 0.15) is 0 Å². The highest BCUT2D eigenvalue weighted by Gasteiger charge is 2.11. The van der Waals surface area contributed by atoms with Crippen LogP contribution in [-0.4, -0.2) is 18.9 Å². The highest BCUT2D eigenvalue weighted by Crippen LogP contribution is 2.11. The number of carbonyl (C=O) groups excluding carboxylic acids is 1. The average Bonchev–Trinajstić information content (AvgIpc) is 2.17. The number of rotatable bonds is 3. The lowest BCUT2D eigenvalue weighted by atomic mass is 10.1. The van der Waals surface area contributed by atoms with E-state index < -0.39 is 0 Å². The van der Waals surface area contributed by atoms with Gasteiger partial charge in [-0.1, -0.05) is 28.1 Å². The van der Waals surface area contributed by atoms with Crippen LogP contribution in [0.5, 0.6) is 0 Å². The first-order valence-electron chi connectivity index (χ1n) is 4.12. The van der Waals surface area contributed by atoms with Gasteiger partial charge in [0, 0.05) is 10.0 Å². The largest absolute Gasteiger partial charge is 0.310 e. The molecule has 0 saturated carbocycles. The summed E-state index contributed by atoms with van der Waals surface area (Å²) in [5, 5.41) is 2.92. The van der Waals surface area contributed by atoms with E-state index in [0.717, 1.165) is 10.0 Å². The molecule has 0 aliphatic rings. The van der Waals surface area contributed by atoms with Gasteiger partial charge in [-0.2, -0.15) is 0 Å². The van der Waals surface area contributed by atoms with Crippen molar-refractivity contribution in [1.29, 1.82) is 0 Å². The summed E-state index contributed by atoms with van der Waals surface area (Å²) in [4.78, 5) is 11.6. The number of halogens is 2. The van der Waals surface area contributed by atoms with Crippen molar-refractivity contribution in [2.75, 3.05) is 7.05 Å². The molecule has 1 unspecified atom stereocenters. The number of benzene rings is 1. The smallest absolute Gasteiger partial charge is 0.179 e. The Hall–Kier alpha value is -0.380. The number of nitrogens with one attached hydrogen (secondary N) is 1. The summed E-state index contributed by atoms with van der Waals surface area (Å²) in [6.07, 6.45) is 0. The molecule has 1 aromatic carbocycles. The molecular weight excluding hydrogens is 265 g/mol. The van der Waals surface area contributed by atoms with Gasteiger partial charge < -0.3 is 5.32 Å². The van der Waals surface area contributed by atoms with E-state index in [2.05, 4.69) is 21.2 Å². The number of hydrogen-bond acceptors (Lipinski definition) is 2. The van der Waals surface area contributed by atoms with Gasteiger partial charge in [0.2, 0.25) is 0 Å². The molecule has 0 aromatic heterocycles. The van der Waals surface area contributed by atoms with Gasteiger partial charge >= 0.3 is 0 Å². The van der Waals surface area contributed by atoms with E-state index in [9.17, 15) is 4.79 Å². The second-order valence-corrected chi connectivity index (χ2v) is 3.80. The predicted molar refractivity (Wildman–Crippen MR) is 64.2 cm³/mol. The Labute approximate surface area is 98.6 Å². The van der Waals surface area contributed by atoms with Crippen molar-refractivity contribution in [3.05, 3.63) is 34.3 Å². The molecule has 0 saturated heterocycles. The van der Waals surface area contributed by atoms with Crippen molar-refractivity contribution >= 4 is 34.1 Å². The predicted octanol–water partition coefficient (Wildman–Crippen LogP) is 2.66. The van der Waals surface area contributed by atoms with Crippen LogP contribution < -0.4 is 5.32 Å². The summed E-state index contributed by atoms with van der Waals surface area (Å²) >= 11 is 3.32. The monoisotopic (exact) mass is 277 g/mol. The third-order valence-electron chi connectivity index (χ3n) is 1.96. The Morgan fingerprint density at radius 2 is 1.86 bits per heavy atom. The Morgan fingerprint density at radius 1 is 1.36 bits per heavy atom. The summed E-state index contributed by atoms with van der Waals surface area (Å²) in [7, 11) is 1.78. The van der Waals surface area contributed by atoms with E-state index >= 15 is 0 Å². The zero-order valence-corrected chi connectivity index (χ0v) is 10.5. The van der Waals surface area contributed by atoms with Crippen molar-refractivity contribution in [2.24, 2.45) is 0 Å². The van der Waals surface area contributed by atoms with Crippen molar-refractivity contribution in [3.63, 3.8) is 0 Å². The van der Waals surface area contributed by atoms with Gasteiger partial charge in [0.25, 0.3) is 0 Å². The lowest BCUT2D eigenvalue weighted by Crippen LogP contribution is -2.30. The minimum absolute atomic E-state index is 0. The molecule has 4 heteroatoms. The van der Waals surface area contributed by atoms with Crippen LogP contribution in [0.2, 0.25) is 0 Å². The molecule has 1 atom stereocenters. The second kappa shape index (κ2) is 6.17. The number of hydrogen-bond donors (Lipinski definition) is 1. The van der Waals surface area contributed by atoms with Gasteiger partial charge in [-0.05, 0) is 26.1 Å². The lowest BCUT2D eigenvalue weighted by molar-refractivity contribution is 0.0955. The standard InChI is InChI=1S/C10H12BrNO.ClH/c1-7(12-2)10(13)8-3-5-9(11)6-4-8;/h3-7,12H,1-2H3;1H. The van der Waals surface area contributed by atoms with Gasteiger partial charge in [-0.25, -0.2) is 0 Å². The molecule has 1 N–H and O–H groups in total. The fourth-order valence-electron chi connectivity index (χ4n) is 0.995. The van der Waals surface area contributed by atoms with Crippen LogP contribution >= 0.6 is 28.3 Å². The second-order valence-electron chi connectivity index (χ2n) is 2.88. The molecule has 1 rings (SSSR count). The van der Waals surface area contributed by atoms with E-state index in [1.165, 1.54) is 0 Å². The number of carbonyl (C=O) groups is 1. The van der Waals surface area contributed by atoms with Gasteiger partial charge in [-0.3, -0.25) is 4.79 Å². The maximum Gasteiger partial charge on any atom is 0.179 e. The number of ketones is 1. The normalized spacial score (nSPS) is 11.6. The fraction of sp³-hybridized carbons (Fsp3) is 0.300. The fourth-order valence-corrected chi connectivity index (χ4v) is 1.26. The van der Waals surface area contributed by atoms with Gasteiger partial charge in [-0.15, -0.1) is 12.4 Å². The Balaban J connectivity index is 0.00000169. The third kappa shape index (κ3) is 3.40. The summed E-state index contributed by atoms with van der Waals surface area (Å²) in [6, 6.07) is 7.26. The van der Waals surface area contributed by atoms with E-state index in [0.29, 0.717) is 0 Å². The molecule has 0 aliphatic heterocycles. The first-order chi connectivity index (χ1) is 6.15. The molecule has 0 bridgehead atoms. The first kappa shape index (κ1) is 13.6. The molecule has 0 spiro atoms. The van der Waals surface area contributed by atoms with E-state index in [1.807, 2.05) is 31.2 Å². The molecule has 1 aromatic rings. The Kier molecular flexibility index (Phi) is 6.00. The van der Waals surface area contributed by atoms with Crippen molar-refractivity contribution in [1.82, 2.24) is 5.32 Å². The topological polar surface area (TPSA) is 29.1 Å². The number of likely N-dealkylation sites (N-methyl/N-ethyl adjacent to an activating group) is 1. The van der Waals surface area contributed by atoms with Crippen molar-refractivity contribution in [2.45, 2.75) is 13.0 Å². The zero-order chi connectivity index (χ0) is 9.84. The summed E-state index contributed by atoms with van der Waals surface area (Å²) in [5.74, 6) is 0.120. The molecule has 0 aliphatic carbocycles. The van der Waals surface area contributed by atoms with Crippen molar-refractivity contribution in [3.8, 4) is 0 Å². The zero-order valence-electron chi connectivity index (χ0n) is 8.08. The summed E-state index contributed by atoms with van der Waals surface area (Å²) < 4.78 is 0.987. The van der Waals surface area contributed by atoms with Crippen LogP contribution in [0.25, 0.3) is 0 Å². The van der Waals surface area contributed by atoms with E-state index in [-0.39, 0.29) is 24.2 Å². The maximum absolute atomic E-state index is 11.6. The minimum Gasteiger partial charge on any atom is -0.310 e. The van der Waals surface area contributed by atoms with Crippen molar-refractivity contribution < 1.29 is 4.79 Å². The van der Waals surface area contributed by atoms with Crippen LogP contribution in [-0.2, 0) is 0 Å². The third-order valence-corrected chi connectivity index (χ3v) is 2.48. The maximum atomic E-state index is 11.6. The van der Waals surface area contributed by atoms with Gasteiger partial charge in [0.05, 0.1) is 6.04 Å². The Bertz CT molecular complexity index is 299. The molecule has 0 amide bonds. The van der Waals surface area contributed by atoms with Crippen LogP contribution in [0, 0.1) is 0 Å². The van der Waals surface area contributed by atoms with Gasteiger partial charge in [0.15, 0.2) is 5.78 Å². The molecule has 0 fully saturated rings. The van der Waals surface area contributed by atoms with E-state index in [1.54, 1.807) is 7.05 Å². The molecule has 2 nitrogen and oxygen atoms in total. The Morgan fingerprint density at radius 3 is 2.29 bits per heavy atom. The minimum atomic E-state index is -0.124. The van der Waals surface area contributed by atoms with Crippen LogP contribution in [0.4, 0.5) is 0 Å². The molecule has 78 valence electrons. The van der Waals surface area contributed by atoms with Crippen LogP contribution in [0.15, 0.2) is 28.7 Å². The highest BCUT2D eigenvalue weighted by molar-refractivity contribution is 9.10.